The molecule has 0 aromatic rings. The molecule has 0 saturated heterocycles. The maximum Gasteiger partial charge on any atom is 0.149 e. The first-order chi connectivity index (χ1) is 2.50. The predicted molar refractivity (Wildman–Crippen MR) is 29.7 cm³/mol. The second-order valence-corrected chi connectivity index (χ2v) is 2.28. The molecule has 0 bridgehead atoms. The molecular formula is C3H7ClNSi. The van der Waals surface area contributed by atoms with Gasteiger partial charge in [0, 0.05) is 6.54 Å². The van der Waals surface area contributed by atoms with E-state index in [1.807, 2.05) is 0 Å². The van der Waals surface area contributed by atoms with Gasteiger partial charge in [-0.3, -0.25) is 0 Å². The zero-order valence-corrected chi connectivity index (χ0v) is 5.29. The zero-order valence-electron chi connectivity index (χ0n) is 3.48. The number of rotatable bonds is 0. The van der Waals surface area contributed by atoms with Crippen LogP contribution < -0.4 is 0 Å². The summed E-state index contributed by atoms with van der Waals surface area (Å²) in [6.07, 6.45) is 1.35. The molecule has 1 rings (SSSR count). The van der Waals surface area contributed by atoms with E-state index < -0.39 is 0 Å². The number of hydrogen-bond acceptors (Lipinski definition) is 1. The fraction of sp³-hybridized carbons (Fsp3) is 1.00. The Morgan fingerprint density at radius 2 is 2.33 bits per heavy atom. The van der Waals surface area contributed by atoms with Crippen molar-refractivity contribution in [1.82, 2.24) is 0 Å². The van der Waals surface area contributed by atoms with Crippen LogP contribution in [0, 0.1) is 0 Å². The van der Waals surface area contributed by atoms with E-state index in [9.17, 15) is 0 Å². The molecule has 1 radical (unpaired) electrons. The van der Waals surface area contributed by atoms with Gasteiger partial charge >= 0.3 is 0 Å². The monoisotopic (exact) mass is 120 g/mol. The average molecular weight is 121 g/mol. The van der Waals surface area contributed by atoms with Gasteiger partial charge in [0.1, 0.15) is 9.31 Å². The molecule has 0 saturated carbocycles. The molecule has 1 nitrogen and oxygen atoms in total. The van der Waals surface area contributed by atoms with Crippen LogP contribution >= 0.6 is 12.4 Å². The third-order valence-corrected chi connectivity index (χ3v) is 1.69. The van der Waals surface area contributed by atoms with E-state index in [1.165, 1.54) is 12.5 Å². The molecular weight excluding hydrogens is 114 g/mol. The van der Waals surface area contributed by atoms with E-state index in [4.69, 9.17) is 0 Å². The van der Waals surface area contributed by atoms with Crippen LogP contribution in [0.5, 0.6) is 0 Å². The smallest absolute Gasteiger partial charge is 0.149 e. The highest BCUT2D eigenvalue weighted by Crippen LogP contribution is 1.92. The van der Waals surface area contributed by atoms with Gasteiger partial charge in [0.2, 0.25) is 0 Å². The topological polar surface area (TPSA) is 12.4 Å². The van der Waals surface area contributed by atoms with Gasteiger partial charge in [-0.2, -0.15) is 0 Å². The number of hydrogen-bond donors (Lipinski definition) is 0. The fourth-order valence-electron chi connectivity index (χ4n) is 0.395. The SMILES string of the molecule is C1CN=[Si]C1.Cl. The lowest BCUT2D eigenvalue weighted by Gasteiger charge is -1.68. The Morgan fingerprint density at radius 1 is 1.50 bits per heavy atom. The van der Waals surface area contributed by atoms with Crippen LogP contribution in [0.1, 0.15) is 6.42 Å². The van der Waals surface area contributed by atoms with Crippen LogP contribution in [0.25, 0.3) is 0 Å². The third-order valence-electron chi connectivity index (χ3n) is 0.670. The molecule has 0 atom stereocenters. The lowest BCUT2D eigenvalue weighted by atomic mass is 10.5. The second kappa shape index (κ2) is 3.50. The molecule has 0 fully saturated rings. The van der Waals surface area contributed by atoms with Gasteiger partial charge in [-0.05, 0) is 12.5 Å². The van der Waals surface area contributed by atoms with Crippen LogP contribution in [-0.4, -0.2) is 15.9 Å². The Bertz CT molecular complexity index is 48.8. The molecule has 1 aliphatic rings. The molecule has 6 heavy (non-hydrogen) atoms. The van der Waals surface area contributed by atoms with E-state index in [0.717, 1.165) is 15.9 Å². The molecule has 0 amide bonds. The van der Waals surface area contributed by atoms with Crippen molar-refractivity contribution in [2.45, 2.75) is 12.5 Å². The second-order valence-electron chi connectivity index (χ2n) is 1.14. The highest BCUT2D eigenvalue weighted by molar-refractivity contribution is 6.22. The lowest BCUT2D eigenvalue weighted by Crippen LogP contribution is -1.61. The van der Waals surface area contributed by atoms with Crippen molar-refractivity contribution < 1.29 is 0 Å². The predicted octanol–water partition coefficient (Wildman–Crippen LogP) is 1.12. The van der Waals surface area contributed by atoms with Gasteiger partial charge in [-0.1, -0.05) is 0 Å². The summed E-state index contributed by atoms with van der Waals surface area (Å²) in [4.78, 5) is 0. The average Bonchev–Trinajstić information content (AvgIpc) is 1.76. The van der Waals surface area contributed by atoms with Gasteiger partial charge in [0.05, 0.1) is 0 Å². The summed E-state index contributed by atoms with van der Waals surface area (Å²) < 4.78 is 4.11. The van der Waals surface area contributed by atoms with Crippen molar-refractivity contribution in [2.75, 3.05) is 6.54 Å². The fourth-order valence-corrected chi connectivity index (χ4v) is 1.19. The minimum Gasteiger partial charge on any atom is -0.335 e. The Kier molecular flexibility index (Phi) is 3.67. The van der Waals surface area contributed by atoms with Gasteiger partial charge in [-0.15, -0.1) is 12.4 Å². The summed E-state index contributed by atoms with van der Waals surface area (Å²) in [5.41, 5.74) is 0. The van der Waals surface area contributed by atoms with Crippen molar-refractivity contribution in [3.05, 3.63) is 0 Å². The maximum atomic E-state index is 4.11. The van der Waals surface area contributed by atoms with Crippen molar-refractivity contribution in [1.29, 1.82) is 0 Å². The lowest BCUT2D eigenvalue weighted by molar-refractivity contribution is 0.985. The highest BCUT2D eigenvalue weighted by Gasteiger charge is 1.87. The molecule has 1 heterocycles. The van der Waals surface area contributed by atoms with Crippen LogP contribution in [0.15, 0.2) is 4.63 Å². The highest BCUT2D eigenvalue weighted by atomic mass is 35.5. The molecule has 1 aliphatic heterocycles. The van der Waals surface area contributed by atoms with E-state index in [-0.39, 0.29) is 12.4 Å². The molecule has 0 aliphatic carbocycles. The third kappa shape index (κ3) is 1.67. The van der Waals surface area contributed by atoms with E-state index in [1.54, 1.807) is 0 Å². The van der Waals surface area contributed by atoms with Crippen molar-refractivity contribution in [3.8, 4) is 0 Å². The van der Waals surface area contributed by atoms with Crippen LogP contribution in [-0.2, 0) is 0 Å². The minimum absolute atomic E-state index is 0. The summed E-state index contributed by atoms with van der Waals surface area (Å²) >= 11 is 0. The normalized spacial score (nSPS) is 17.3. The Labute approximate surface area is 46.1 Å². The minimum atomic E-state index is 0. The van der Waals surface area contributed by atoms with Crippen LogP contribution in [0.2, 0.25) is 6.04 Å². The first-order valence-corrected chi connectivity index (χ1v) is 3.05. The molecule has 0 unspecified atom stereocenters. The molecule has 0 N–H and O–H groups in total. The Balaban J connectivity index is 0.000000250. The quantitative estimate of drug-likeness (QED) is 0.425. The standard InChI is InChI=1S/C3H6NSi.ClH/c1-2-4-5-3-1;/h1-3H2;1H. The molecule has 0 aromatic carbocycles. The van der Waals surface area contributed by atoms with Crippen molar-refractivity contribution in [3.63, 3.8) is 0 Å². The Hall–Kier alpha value is 0.307. The van der Waals surface area contributed by atoms with Gasteiger partial charge in [-0.25, -0.2) is 0 Å². The first kappa shape index (κ1) is 6.31. The Morgan fingerprint density at radius 3 is 2.50 bits per heavy atom. The summed E-state index contributed by atoms with van der Waals surface area (Å²) in [5.74, 6) is 0. The van der Waals surface area contributed by atoms with Crippen LogP contribution in [0.3, 0.4) is 0 Å². The molecule has 0 spiro atoms. The molecule has 35 valence electrons. The summed E-state index contributed by atoms with van der Waals surface area (Å²) in [6, 6.07) is 1.36. The van der Waals surface area contributed by atoms with Crippen molar-refractivity contribution in [2.24, 2.45) is 4.63 Å². The summed E-state index contributed by atoms with van der Waals surface area (Å²) in [6.45, 7) is 1.14. The summed E-state index contributed by atoms with van der Waals surface area (Å²) in [7, 11) is 0.934. The molecule has 0 aromatic heterocycles. The van der Waals surface area contributed by atoms with E-state index in [2.05, 4.69) is 4.63 Å². The van der Waals surface area contributed by atoms with E-state index in [0.29, 0.717) is 0 Å². The first-order valence-electron chi connectivity index (χ1n) is 1.89. The molecule has 3 heteroatoms. The number of halogens is 1. The zero-order chi connectivity index (χ0) is 3.54. The van der Waals surface area contributed by atoms with Gasteiger partial charge < -0.3 is 4.63 Å². The summed E-state index contributed by atoms with van der Waals surface area (Å²) in [5, 5.41) is 0. The van der Waals surface area contributed by atoms with Gasteiger partial charge in [0.25, 0.3) is 0 Å². The van der Waals surface area contributed by atoms with Gasteiger partial charge in [0.15, 0.2) is 0 Å². The van der Waals surface area contributed by atoms with Crippen LogP contribution in [0.4, 0.5) is 0 Å². The largest absolute Gasteiger partial charge is 0.335 e. The van der Waals surface area contributed by atoms with E-state index >= 15 is 0 Å². The maximum absolute atomic E-state index is 4.11. The van der Waals surface area contributed by atoms with Crippen molar-refractivity contribution >= 4 is 21.7 Å². The number of nitrogens with zero attached hydrogens (tertiary/aromatic N) is 1.